The summed E-state index contributed by atoms with van der Waals surface area (Å²) >= 11 is 6.13. The van der Waals surface area contributed by atoms with Crippen molar-refractivity contribution in [3.8, 4) is 0 Å². The van der Waals surface area contributed by atoms with Gasteiger partial charge in [0.05, 0.1) is 11.6 Å². The van der Waals surface area contributed by atoms with Crippen molar-refractivity contribution in [3.05, 3.63) is 70.2 Å². The van der Waals surface area contributed by atoms with Crippen LogP contribution in [0.2, 0.25) is 5.02 Å². The van der Waals surface area contributed by atoms with Crippen molar-refractivity contribution in [3.63, 3.8) is 0 Å². The summed E-state index contributed by atoms with van der Waals surface area (Å²) in [6, 6.07) is 13.8. The summed E-state index contributed by atoms with van der Waals surface area (Å²) in [7, 11) is 0. The third-order valence-electron chi connectivity index (χ3n) is 4.82. The minimum atomic E-state index is -0.575. The number of benzene rings is 2. The lowest BCUT2D eigenvalue weighted by Crippen LogP contribution is -2.31. The van der Waals surface area contributed by atoms with Gasteiger partial charge in [-0.2, -0.15) is 0 Å². The molecule has 2 amide bonds. The average molecular weight is 415 g/mol. The van der Waals surface area contributed by atoms with Gasteiger partial charge in [-0.05, 0) is 42.7 Å². The Balaban J connectivity index is 1.48. The predicted molar refractivity (Wildman–Crippen MR) is 109 cm³/mol. The standard InChI is InChI=1S/C22H23ClN2O4/c1-15(18-5-2-3-6-19(18)23)24-20(26)14-29-22(28)17-10-8-16(9-11-17)13-25-12-4-7-21(25)27/h2-3,5-6,8-11,15H,4,7,12-14H2,1H3,(H,24,26)/t15-/m0/s1. The van der Waals surface area contributed by atoms with Crippen LogP contribution in [0.1, 0.15) is 47.3 Å². The first-order valence-corrected chi connectivity index (χ1v) is 9.89. The number of carbonyl (C=O) groups is 3. The smallest absolute Gasteiger partial charge is 0.338 e. The molecule has 1 saturated heterocycles. The fourth-order valence-electron chi connectivity index (χ4n) is 3.24. The third-order valence-corrected chi connectivity index (χ3v) is 5.16. The van der Waals surface area contributed by atoms with Crippen molar-refractivity contribution in [1.82, 2.24) is 10.2 Å². The van der Waals surface area contributed by atoms with Gasteiger partial charge in [-0.1, -0.05) is 41.9 Å². The number of halogens is 1. The molecule has 2 aromatic carbocycles. The van der Waals surface area contributed by atoms with E-state index in [1.54, 1.807) is 35.2 Å². The molecule has 29 heavy (non-hydrogen) atoms. The summed E-state index contributed by atoms with van der Waals surface area (Å²) in [6.45, 7) is 2.74. The predicted octanol–water partition coefficient (Wildman–Crippen LogP) is 3.50. The number of amides is 2. The van der Waals surface area contributed by atoms with E-state index in [4.69, 9.17) is 16.3 Å². The molecule has 0 aliphatic carbocycles. The van der Waals surface area contributed by atoms with Gasteiger partial charge in [-0.15, -0.1) is 0 Å². The van der Waals surface area contributed by atoms with Crippen LogP contribution in [-0.2, 0) is 20.9 Å². The zero-order valence-electron chi connectivity index (χ0n) is 16.2. The van der Waals surface area contributed by atoms with Crippen LogP contribution in [0.25, 0.3) is 0 Å². The van der Waals surface area contributed by atoms with Gasteiger partial charge in [0.15, 0.2) is 6.61 Å². The molecule has 0 bridgehead atoms. The lowest BCUT2D eigenvalue weighted by atomic mass is 10.1. The summed E-state index contributed by atoms with van der Waals surface area (Å²) in [6.07, 6.45) is 1.49. The molecule has 0 saturated carbocycles. The van der Waals surface area contributed by atoms with Crippen molar-refractivity contribution >= 4 is 29.4 Å². The monoisotopic (exact) mass is 414 g/mol. The van der Waals surface area contributed by atoms with Crippen molar-refractivity contribution in [2.75, 3.05) is 13.2 Å². The van der Waals surface area contributed by atoms with Gasteiger partial charge in [-0.3, -0.25) is 9.59 Å². The van der Waals surface area contributed by atoms with Crippen molar-refractivity contribution in [1.29, 1.82) is 0 Å². The topological polar surface area (TPSA) is 75.7 Å². The third kappa shape index (κ3) is 5.57. The van der Waals surface area contributed by atoms with Gasteiger partial charge in [0.2, 0.25) is 5.91 Å². The number of hydrogen-bond donors (Lipinski definition) is 1. The highest BCUT2D eigenvalue weighted by molar-refractivity contribution is 6.31. The lowest BCUT2D eigenvalue weighted by Gasteiger charge is -2.16. The van der Waals surface area contributed by atoms with Gasteiger partial charge in [0, 0.05) is 24.5 Å². The summed E-state index contributed by atoms with van der Waals surface area (Å²) in [5.41, 5.74) is 2.09. The lowest BCUT2D eigenvalue weighted by molar-refractivity contribution is -0.128. The number of rotatable bonds is 7. The number of nitrogens with one attached hydrogen (secondary N) is 1. The molecule has 1 aliphatic heterocycles. The molecule has 0 aromatic heterocycles. The van der Waals surface area contributed by atoms with E-state index in [0.717, 1.165) is 24.1 Å². The highest BCUT2D eigenvalue weighted by Crippen LogP contribution is 2.22. The molecule has 2 aromatic rings. The van der Waals surface area contributed by atoms with Gasteiger partial charge in [0.25, 0.3) is 5.91 Å². The first kappa shape index (κ1) is 20.9. The van der Waals surface area contributed by atoms with Crippen LogP contribution in [-0.4, -0.2) is 35.8 Å². The minimum absolute atomic E-state index is 0.158. The Kier molecular flexibility index (Phi) is 6.88. The van der Waals surface area contributed by atoms with E-state index in [1.807, 2.05) is 25.1 Å². The van der Waals surface area contributed by atoms with Gasteiger partial charge >= 0.3 is 5.97 Å². The van der Waals surface area contributed by atoms with Gasteiger partial charge in [-0.25, -0.2) is 4.79 Å². The Labute approximate surface area is 174 Å². The summed E-state index contributed by atoms with van der Waals surface area (Å²) in [5, 5.41) is 3.32. The van der Waals surface area contributed by atoms with E-state index in [1.165, 1.54) is 0 Å². The van der Waals surface area contributed by atoms with Gasteiger partial charge in [0.1, 0.15) is 0 Å². The van der Waals surface area contributed by atoms with Crippen LogP contribution in [0.3, 0.4) is 0 Å². The zero-order chi connectivity index (χ0) is 20.8. The second-order valence-corrected chi connectivity index (χ2v) is 7.41. The molecule has 0 radical (unpaired) electrons. The maximum atomic E-state index is 12.2. The quantitative estimate of drug-likeness (QED) is 0.703. The maximum Gasteiger partial charge on any atom is 0.338 e. The average Bonchev–Trinajstić information content (AvgIpc) is 3.11. The largest absolute Gasteiger partial charge is 0.452 e. The van der Waals surface area contributed by atoms with Crippen LogP contribution in [0.15, 0.2) is 48.5 Å². The Morgan fingerprint density at radius 1 is 1.17 bits per heavy atom. The van der Waals surface area contributed by atoms with E-state index in [-0.39, 0.29) is 18.6 Å². The van der Waals surface area contributed by atoms with E-state index < -0.39 is 11.9 Å². The number of nitrogens with zero attached hydrogens (tertiary/aromatic N) is 1. The molecule has 1 fully saturated rings. The van der Waals surface area contributed by atoms with Crippen LogP contribution in [0, 0.1) is 0 Å². The Morgan fingerprint density at radius 3 is 2.55 bits per heavy atom. The molecule has 7 heteroatoms. The molecule has 1 atom stereocenters. The van der Waals surface area contributed by atoms with Crippen LogP contribution in [0.5, 0.6) is 0 Å². The van der Waals surface area contributed by atoms with Crippen molar-refractivity contribution in [2.24, 2.45) is 0 Å². The second kappa shape index (κ2) is 9.56. The molecule has 0 spiro atoms. The molecular formula is C22H23ClN2O4. The fourth-order valence-corrected chi connectivity index (χ4v) is 3.54. The number of hydrogen-bond acceptors (Lipinski definition) is 4. The number of ether oxygens (including phenoxy) is 1. The Morgan fingerprint density at radius 2 is 1.90 bits per heavy atom. The van der Waals surface area contributed by atoms with Crippen LogP contribution < -0.4 is 5.32 Å². The molecule has 1 aliphatic rings. The number of likely N-dealkylation sites (tertiary alicyclic amines) is 1. The Bertz CT molecular complexity index is 898. The maximum absolute atomic E-state index is 12.2. The minimum Gasteiger partial charge on any atom is -0.452 e. The SMILES string of the molecule is C[C@H](NC(=O)COC(=O)c1ccc(CN2CCCC2=O)cc1)c1ccccc1Cl. The van der Waals surface area contributed by atoms with Gasteiger partial charge < -0.3 is 15.0 Å². The van der Waals surface area contributed by atoms with E-state index in [9.17, 15) is 14.4 Å². The number of esters is 1. The molecule has 6 nitrogen and oxygen atoms in total. The highest BCUT2D eigenvalue weighted by Gasteiger charge is 2.20. The van der Waals surface area contributed by atoms with Crippen LogP contribution >= 0.6 is 11.6 Å². The van der Waals surface area contributed by atoms with Crippen molar-refractivity contribution < 1.29 is 19.1 Å². The Hall–Kier alpha value is -2.86. The van der Waals surface area contributed by atoms with E-state index in [0.29, 0.717) is 23.6 Å². The first-order chi connectivity index (χ1) is 13.9. The van der Waals surface area contributed by atoms with E-state index >= 15 is 0 Å². The molecule has 1 heterocycles. The van der Waals surface area contributed by atoms with E-state index in [2.05, 4.69) is 5.32 Å². The molecule has 1 N–H and O–H groups in total. The van der Waals surface area contributed by atoms with Crippen LogP contribution in [0.4, 0.5) is 0 Å². The number of carbonyl (C=O) groups excluding carboxylic acids is 3. The highest BCUT2D eigenvalue weighted by atomic mass is 35.5. The summed E-state index contributed by atoms with van der Waals surface area (Å²) < 4.78 is 5.10. The molecule has 3 rings (SSSR count). The fraction of sp³-hybridized carbons (Fsp3) is 0.318. The normalized spacial score (nSPS) is 14.6. The zero-order valence-corrected chi connectivity index (χ0v) is 16.9. The molecular weight excluding hydrogens is 392 g/mol. The molecule has 0 unspecified atom stereocenters. The second-order valence-electron chi connectivity index (χ2n) is 7.00. The first-order valence-electron chi connectivity index (χ1n) is 9.51. The summed E-state index contributed by atoms with van der Waals surface area (Å²) in [4.78, 5) is 37.8. The van der Waals surface area contributed by atoms with Crippen molar-refractivity contribution in [2.45, 2.75) is 32.4 Å². The summed E-state index contributed by atoms with van der Waals surface area (Å²) in [5.74, 6) is -0.824. The molecule has 152 valence electrons.